The van der Waals surface area contributed by atoms with E-state index >= 15 is 0 Å². The molecular weight excluding hydrogens is 322 g/mol. The van der Waals surface area contributed by atoms with Crippen LogP contribution in [-0.4, -0.2) is 30.8 Å². The Balaban J connectivity index is 2.04. The second kappa shape index (κ2) is 6.94. The number of aliphatic hydroxyl groups excluding tert-OH is 1. The maximum atomic E-state index is 12.1. The molecule has 8 nitrogen and oxygen atoms in total. The van der Waals surface area contributed by atoms with Gasteiger partial charge in [0, 0.05) is 20.7 Å². The highest BCUT2D eigenvalue weighted by atomic mass is 16.3. The molecule has 0 aliphatic heterocycles. The summed E-state index contributed by atoms with van der Waals surface area (Å²) in [5.41, 5.74) is 0.756. The van der Waals surface area contributed by atoms with Crippen LogP contribution < -0.4 is 16.6 Å². The average Bonchev–Trinajstić information content (AvgIpc) is 2.94. The van der Waals surface area contributed by atoms with Crippen molar-refractivity contribution in [3.8, 4) is 0 Å². The van der Waals surface area contributed by atoms with Gasteiger partial charge < -0.3 is 15.0 Å². The fourth-order valence-electron chi connectivity index (χ4n) is 2.90. The van der Waals surface area contributed by atoms with Gasteiger partial charge in [-0.05, 0) is 18.4 Å². The van der Waals surface area contributed by atoms with Gasteiger partial charge in [0.05, 0.1) is 6.04 Å². The molecule has 1 aromatic carbocycles. The first-order valence-electron chi connectivity index (χ1n) is 8.11. The van der Waals surface area contributed by atoms with E-state index in [1.54, 1.807) is 18.7 Å². The number of nitrogens with zero attached hydrogens (tertiary/aromatic N) is 3. The number of hydrogen-bond acceptors (Lipinski definition) is 5. The van der Waals surface area contributed by atoms with Crippen LogP contribution in [0.2, 0.25) is 0 Å². The SMILES string of the molecule is Cn1c(NC(CCCO)c2ccccc2)nc2c1c(=O)[nH]c(=O)n2C. The zero-order valence-corrected chi connectivity index (χ0v) is 14.2. The monoisotopic (exact) mass is 343 g/mol. The highest BCUT2D eigenvalue weighted by molar-refractivity contribution is 5.74. The van der Waals surface area contributed by atoms with Crippen molar-refractivity contribution >= 4 is 17.1 Å². The molecule has 3 N–H and O–H groups in total. The number of aromatic amines is 1. The van der Waals surface area contributed by atoms with Crippen molar-refractivity contribution in [3.63, 3.8) is 0 Å². The molecule has 2 heterocycles. The van der Waals surface area contributed by atoms with Gasteiger partial charge in [-0.1, -0.05) is 30.3 Å². The Morgan fingerprint density at radius 3 is 2.60 bits per heavy atom. The summed E-state index contributed by atoms with van der Waals surface area (Å²) in [4.78, 5) is 30.6. The van der Waals surface area contributed by atoms with Gasteiger partial charge in [0.2, 0.25) is 5.95 Å². The standard InChI is InChI=1S/C17H21N5O3/c1-21-13-14(22(2)17(25)20-15(13)24)19-16(21)18-12(9-6-10-23)11-7-4-3-5-8-11/h3-5,7-8,12,23H,6,9-10H2,1-2H3,(H,18,19)(H,20,24,25). The van der Waals surface area contributed by atoms with Gasteiger partial charge in [0.15, 0.2) is 11.2 Å². The minimum absolute atomic E-state index is 0.0695. The van der Waals surface area contributed by atoms with Crippen molar-refractivity contribution in [1.82, 2.24) is 19.1 Å². The first-order chi connectivity index (χ1) is 12.0. The lowest BCUT2D eigenvalue weighted by Crippen LogP contribution is -2.29. The van der Waals surface area contributed by atoms with Crippen LogP contribution in [0.1, 0.15) is 24.4 Å². The van der Waals surface area contributed by atoms with Crippen LogP contribution in [0.4, 0.5) is 5.95 Å². The number of imidazole rings is 1. The lowest BCUT2D eigenvalue weighted by atomic mass is 10.0. The summed E-state index contributed by atoms with van der Waals surface area (Å²) in [5, 5.41) is 12.5. The molecule has 132 valence electrons. The summed E-state index contributed by atoms with van der Waals surface area (Å²) in [5.74, 6) is 0.494. The van der Waals surface area contributed by atoms with Crippen LogP contribution in [0.15, 0.2) is 39.9 Å². The Kier molecular flexibility index (Phi) is 4.71. The van der Waals surface area contributed by atoms with Crippen LogP contribution in [0.5, 0.6) is 0 Å². The van der Waals surface area contributed by atoms with Gasteiger partial charge in [0.25, 0.3) is 5.56 Å². The van der Waals surface area contributed by atoms with Crippen LogP contribution >= 0.6 is 0 Å². The van der Waals surface area contributed by atoms with Crippen molar-refractivity contribution < 1.29 is 5.11 Å². The predicted molar refractivity (Wildman–Crippen MR) is 95.7 cm³/mol. The average molecular weight is 343 g/mol. The smallest absolute Gasteiger partial charge is 0.329 e. The van der Waals surface area contributed by atoms with Gasteiger partial charge >= 0.3 is 5.69 Å². The van der Waals surface area contributed by atoms with Crippen LogP contribution in [0.3, 0.4) is 0 Å². The summed E-state index contributed by atoms with van der Waals surface area (Å²) >= 11 is 0. The number of fused-ring (bicyclic) bond motifs is 1. The van der Waals surface area contributed by atoms with Crippen molar-refractivity contribution in [2.75, 3.05) is 11.9 Å². The summed E-state index contributed by atoms with van der Waals surface area (Å²) < 4.78 is 2.95. The lowest BCUT2D eigenvalue weighted by Gasteiger charge is -2.19. The molecule has 0 spiro atoms. The number of anilines is 1. The summed E-state index contributed by atoms with van der Waals surface area (Å²) in [6, 6.07) is 9.77. The van der Waals surface area contributed by atoms with Gasteiger partial charge in [0.1, 0.15) is 0 Å². The third-order valence-electron chi connectivity index (χ3n) is 4.29. The number of aryl methyl sites for hydroxylation is 2. The quantitative estimate of drug-likeness (QED) is 0.616. The van der Waals surface area contributed by atoms with Gasteiger partial charge in [-0.3, -0.25) is 14.3 Å². The zero-order chi connectivity index (χ0) is 18.0. The summed E-state index contributed by atoms with van der Waals surface area (Å²) in [7, 11) is 3.29. The van der Waals surface area contributed by atoms with E-state index in [0.717, 1.165) is 5.56 Å². The van der Waals surface area contributed by atoms with E-state index < -0.39 is 11.2 Å². The molecule has 8 heteroatoms. The highest BCUT2D eigenvalue weighted by Crippen LogP contribution is 2.24. The van der Waals surface area contributed by atoms with E-state index in [2.05, 4.69) is 15.3 Å². The number of rotatable bonds is 6. The number of benzene rings is 1. The molecular formula is C17H21N5O3. The molecule has 2 aromatic heterocycles. The first kappa shape index (κ1) is 17.0. The molecule has 0 amide bonds. The second-order valence-corrected chi connectivity index (χ2v) is 5.96. The summed E-state index contributed by atoms with van der Waals surface area (Å²) in [6.45, 7) is 0.0989. The Labute approximate surface area is 143 Å². The largest absolute Gasteiger partial charge is 0.396 e. The number of aliphatic hydroxyl groups is 1. The van der Waals surface area contributed by atoms with E-state index in [1.807, 2.05) is 30.3 Å². The number of H-pyrrole nitrogens is 1. The van der Waals surface area contributed by atoms with E-state index in [9.17, 15) is 9.59 Å². The van der Waals surface area contributed by atoms with Gasteiger partial charge in [-0.25, -0.2) is 4.79 Å². The molecule has 0 radical (unpaired) electrons. The molecule has 0 saturated carbocycles. The molecule has 3 aromatic rings. The molecule has 0 fully saturated rings. The van der Waals surface area contributed by atoms with E-state index in [-0.39, 0.29) is 12.6 Å². The first-order valence-corrected chi connectivity index (χ1v) is 8.11. The number of hydrogen-bond donors (Lipinski definition) is 3. The predicted octanol–water partition coefficient (Wildman–Crippen LogP) is 0.886. The Morgan fingerprint density at radius 1 is 1.20 bits per heavy atom. The molecule has 3 rings (SSSR count). The zero-order valence-electron chi connectivity index (χ0n) is 14.2. The molecule has 0 bridgehead atoms. The van der Waals surface area contributed by atoms with Crippen molar-refractivity contribution in [2.24, 2.45) is 14.1 Å². The fourth-order valence-corrected chi connectivity index (χ4v) is 2.90. The highest BCUT2D eigenvalue weighted by Gasteiger charge is 2.18. The van der Waals surface area contributed by atoms with E-state index in [4.69, 9.17) is 5.11 Å². The number of nitrogens with one attached hydrogen (secondary N) is 2. The molecule has 0 aliphatic rings. The summed E-state index contributed by atoms with van der Waals surface area (Å²) in [6.07, 6.45) is 1.34. The van der Waals surface area contributed by atoms with Crippen LogP contribution in [0.25, 0.3) is 11.2 Å². The van der Waals surface area contributed by atoms with Gasteiger partial charge in [-0.15, -0.1) is 0 Å². The van der Waals surface area contributed by atoms with Crippen molar-refractivity contribution in [1.29, 1.82) is 0 Å². The third kappa shape index (κ3) is 3.20. The van der Waals surface area contributed by atoms with Crippen LogP contribution in [0, 0.1) is 0 Å². The third-order valence-corrected chi connectivity index (χ3v) is 4.29. The van der Waals surface area contributed by atoms with Crippen LogP contribution in [-0.2, 0) is 14.1 Å². The van der Waals surface area contributed by atoms with Crippen molar-refractivity contribution in [3.05, 3.63) is 56.7 Å². The van der Waals surface area contributed by atoms with E-state index in [0.29, 0.717) is 30.0 Å². The molecule has 0 aliphatic carbocycles. The number of aromatic nitrogens is 4. The minimum atomic E-state index is -0.498. The Morgan fingerprint density at radius 2 is 1.92 bits per heavy atom. The lowest BCUT2D eigenvalue weighted by molar-refractivity contribution is 0.281. The normalized spacial score (nSPS) is 12.4. The maximum absolute atomic E-state index is 12.1. The molecule has 0 saturated heterocycles. The minimum Gasteiger partial charge on any atom is -0.396 e. The topological polar surface area (TPSA) is 105 Å². The fraction of sp³-hybridized carbons (Fsp3) is 0.353. The Bertz CT molecular complexity index is 987. The molecule has 1 unspecified atom stereocenters. The van der Waals surface area contributed by atoms with E-state index in [1.165, 1.54) is 4.57 Å². The van der Waals surface area contributed by atoms with Crippen molar-refractivity contribution in [2.45, 2.75) is 18.9 Å². The van der Waals surface area contributed by atoms with Gasteiger partial charge in [-0.2, -0.15) is 4.98 Å². The molecule has 25 heavy (non-hydrogen) atoms. The Hall–Kier alpha value is -2.87. The second-order valence-electron chi connectivity index (χ2n) is 5.96. The maximum Gasteiger partial charge on any atom is 0.329 e. The molecule has 1 atom stereocenters.